The Hall–Kier alpha value is -4.78. The lowest BCUT2D eigenvalue weighted by Gasteiger charge is -2.09. The fourth-order valence-corrected chi connectivity index (χ4v) is 4.14. The maximum Gasteiger partial charge on any atom is 0.324 e. The molecule has 0 radical (unpaired) electrons. The summed E-state index contributed by atoms with van der Waals surface area (Å²) in [7, 11) is 0. The Labute approximate surface area is 212 Å². The van der Waals surface area contributed by atoms with Crippen molar-refractivity contribution in [2.24, 2.45) is 0 Å². The first-order valence-corrected chi connectivity index (χ1v) is 11.9. The summed E-state index contributed by atoms with van der Waals surface area (Å²) in [4.78, 5) is 37.0. The zero-order valence-corrected chi connectivity index (χ0v) is 20.1. The van der Waals surface area contributed by atoms with Crippen LogP contribution in [0.4, 0.5) is 15.2 Å². The Morgan fingerprint density at radius 2 is 1.95 bits per heavy atom. The summed E-state index contributed by atoms with van der Waals surface area (Å²) < 4.78 is 20.5. The second-order valence-electron chi connectivity index (χ2n) is 7.75. The van der Waals surface area contributed by atoms with Crippen molar-refractivity contribution in [2.45, 2.75) is 13.3 Å². The molecule has 1 aromatic carbocycles. The van der Waals surface area contributed by atoms with Crippen LogP contribution in [-0.4, -0.2) is 42.2 Å². The molecule has 0 saturated heterocycles. The Morgan fingerprint density at radius 1 is 1.14 bits per heavy atom. The van der Waals surface area contributed by atoms with Crippen LogP contribution in [0.15, 0.2) is 60.9 Å². The van der Waals surface area contributed by atoms with Gasteiger partial charge in [-0.15, -0.1) is 0 Å². The van der Waals surface area contributed by atoms with Gasteiger partial charge in [0.1, 0.15) is 11.6 Å². The molecular formula is C24H18FN7O4S. The third-order valence-electron chi connectivity index (χ3n) is 5.18. The van der Waals surface area contributed by atoms with E-state index in [0.29, 0.717) is 34.8 Å². The van der Waals surface area contributed by atoms with E-state index in [9.17, 15) is 19.3 Å². The number of anilines is 1. The first-order valence-electron chi connectivity index (χ1n) is 11.1. The number of amides is 1. The number of thiophene rings is 1. The van der Waals surface area contributed by atoms with Gasteiger partial charge in [0.2, 0.25) is 5.88 Å². The number of aromatic nitrogens is 5. The molecule has 0 saturated carbocycles. The summed E-state index contributed by atoms with van der Waals surface area (Å²) in [6.45, 7) is 2.52. The van der Waals surface area contributed by atoms with Gasteiger partial charge in [-0.05, 0) is 42.8 Å². The highest BCUT2D eigenvalue weighted by Gasteiger charge is 2.20. The number of ether oxygens (including phenoxy) is 1. The monoisotopic (exact) mass is 519 g/mol. The van der Waals surface area contributed by atoms with Gasteiger partial charge in [-0.1, -0.05) is 18.3 Å². The third kappa shape index (κ3) is 4.97. The predicted octanol–water partition coefficient (Wildman–Crippen LogP) is 5.03. The number of pyridine rings is 1. The first kappa shape index (κ1) is 23.9. The fraction of sp³-hybridized carbons (Fsp3) is 0.125. The minimum absolute atomic E-state index is 0.144. The number of nitrogens with one attached hydrogen (secondary N) is 1. The molecule has 0 aliphatic carbocycles. The van der Waals surface area contributed by atoms with Gasteiger partial charge in [0.25, 0.3) is 5.91 Å². The average Bonchev–Trinajstić information content (AvgIpc) is 3.57. The maximum atomic E-state index is 13.5. The van der Waals surface area contributed by atoms with Crippen LogP contribution in [-0.2, 0) is 0 Å². The van der Waals surface area contributed by atoms with E-state index in [1.807, 2.05) is 6.92 Å². The fourth-order valence-electron chi connectivity index (χ4n) is 3.43. The number of nitro groups is 1. The Bertz CT molecular complexity index is 1600. The van der Waals surface area contributed by atoms with Crippen LogP contribution in [0.5, 0.6) is 5.88 Å². The molecule has 4 heterocycles. The van der Waals surface area contributed by atoms with Crippen molar-refractivity contribution >= 4 is 39.1 Å². The molecule has 0 fully saturated rings. The van der Waals surface area contributed by atoms with Crippen LogP contribution in [0.25, 0.3) is 28.1 Å². The van der Waals surface area contributed by atoms with E-state index in [1.165, 1.54) is 35.1 Å². The molecule has 0 spiro atoms. The predicted molar refractivity (Wildman–Crippen MR) is 135 cm³/mol. The van der Waals surface area contributed by atoms with Crippen LogP contribution in [0.2, 0.25) is 0 Å². The van der Waals surface area contributed by atoms with E-state index in [1.54, 1.807) is 30.5 Å². The highest BCUT2D eigenvalue weighted by atomic mass is 32.1. The number of hydrogen-bond donors (Lipinski definition) is 1. The molecule has 5 rings (SSSR count). The Kier molecular flexibility index (Phi) is 6.51. The van der Waals surface area contributed by atoms with Crippen LogP contribution < -0.4 is 10.1 Å². The van der Waals surface area contributed by atoms with Gasteiger partial charge in [0, 0.05) is 23.9 Å². The van der Waals surface area contributed by atoms with Gasteiger partial charge in [0.05, 0.1) is 33.7 Å². The van der Waals surface area contributed by atoms with Crippen LogP contribution in [0, 0.1) is 15.9 Å². The van der Waals surface area contributed by atoms with Gasteiger partial charge < -0.3 is 10.1 Å². The average molecular weight is 520 g/mol. The van der Waals surface area contributed by atoms with E-state index < -0.39 is 16.6 Å². The zero-order valence-electron chi connectivity index (χ0n) is 19.3. The highest BCUT2D eigenvalue weighted by Crippen LogP contribution is 2.29. The molecule has 0 atom stereocenters. The molecule has 5 aromatic rings. The number of benzene rings is 1. The highest BCUT2D eigenvalue weighted by molar-refractivity contribution is 7.17. The van der Waals surface area contributed by atoms with Gasteiger partial charge >= 0.3 is 5.00 Å². The molecule has 0 aliphatic rings. The quantitative estimate of drug-likeness (QED) is 0.223. The Balaban J connectivity index is 1.58. The van der Waals surface area contributed by atoms with Crippen molar-refractivity contribution < 1.29 is 18.8 Å². The molecule has 1 amide bonds. The SMILES string of the molecule is CCCOc1ccc(-c2nc(NC(=O)c3ccc([N+](=O)[O-])s3)c3cnn(-c4ccc(F)cc4)c3n2)cn1. The lowest BCUT2D eigenvalue weighted by atomic mass is 10.2. The number of carbonyl (C=O) groups is 1. The van der Waals surface area contributed by atoms with Gasteiger partial charge in [0.15, 0.2) is 11.5 Å². The number of rotatable bonds is 8. The molecule has 11 nitrogen and oxygen atoms in total. The zero-order chi connectivity index (χ0) is 25.9. The topological polar surface area (TPSA) is 138 Å². The summed E-state index contributed by atoms with van der Waals surface area (Å²) in [6.07, 6.45) is 3.88. The molecule has 0 aliphatic heterocycles. The number of hydrogen-bond acceptors (Lipinski definition) is 9. The summed E-state index contributed by atoms with van der Waals surface area (Å²) in [5.41, 5.74) is 1.46. The second kappa shape index (κ2) is 10.1. The minimum Gasteiger partial charge on any atom is -0.478 e. The van der Waals surface area contributed by atoms with Crippen LogP contribution in [0.3, 0.4) is 0 Å². The van der Waals surface area contributed by atoms with Gasteiger partial charge in [-0.2, -0.15) is 5.10 Å². The first-order chi connectivity index (χ1) is 17.9. The molecule has 0 bridgehead atoms. The molecule has 0 unspecified atom stereocenters. The van der Waals surface area contributed by atoms with Crippen LogP contribution >= 0.6 is 11.3 Å². The van der Waals surface area contributed by atoms with Gasteiger partial charge in [-0.25, -0.2) is 24.0 Å². The van der Waals surface area contributed by atoms with E-state index in [-0.39, 0.29) is 21.5 Å². The van der Waals surface area contributed by atoms with Crippen molar-refractivity contribution in [3.63, 3.8) is 0 Å². The summed E-state index contributed by atoms with van der Waals surface area (Å²) in [6, 6.07) is 11.8. The smallest absolute Gasteiger partial charge is 0.324 e. The number of fused-ring (bicyclic) bond motifs is 1. The standard InChI is InChI=1S/C24H18FN7O4S/c1-2-11-36-19-9-3-14(12-26-19)21-28-22(30-24(33)18-8-10-20(37-18)32(34)35)17-13-27-31(23(17)29-21)16-6-4-15(25)5-7-16/h3-10,12-13H,2,11H2,1H3,(H,28,29,30,33). The van der Waals surface area contributed by atoms with Crippen molar-refractivity contribution in [3.8, 4) is 23.0 Å². The van der Waals surface area contributed by atoms with E-state index in [4.69, 9.17) is 4.74 Å². The number of carbonyl (C=O) groups excluding carboxylic acids is 1. The lowest BCUT2D eigenvalue weighted by Crippen LogP contribution is -2.12. The van der Waals surface area contributed by atoms with E-state index in [0.717, 1.165) is 17.8 Å². The van der Waals surface area contributed by atoms with Crippen molar-refractivity contribution in [3.05, 3.63) is 81.7 Å². The van der Waals surface area contributed by atoms with Crippen molar-refractivity contribution in [1.82, 2.24) is 24.7 Å². The molecule has 13 heteroatoms. The Morgan fingerprint density at radius 3 is 2.62 bits per heavy atom. The molecular weight excluding hydrogens is 501 g/mol. The minimum atomic E-state index is -0.569. The lowest BCUT2D eigenvalue weighted by molar-refractivity contribution is -0.380. The van der Waals surface area contributed by atoms with Gasteiger partial charge in [-0.3, -0.25) is 14.9 Å². The largest absolute Gasteiger partial charge is 0.478 e. The number of nitrogens with zero attached hydrogens (tertiary/aromatic N) is 6. The van der Waals surface area contributed by atoms with E-state index in [2.05, 4.69) is 25.4 Å². The maximum absolute atomic E-state index is 13.5. The molecule has 1 N–H and O–H groups in total. The van der Waals surface area contributed by atoms with E-state index >= 15 is 0 Å². The second-order valence-corrected chi connectivity index (χ2v) is 8.81. The molecule has 4 aromatic heterocycles. The summed E-state index contributed by atoms with van der Waals surface area (Å²) in [5, 5.41) is 18.4. The van der Waals surface area contributed by atoms with Crippen molar-refractivity contribution in [1.29, 1.82) is 0 Å². The molecule has 186 valence electrons. The number of halogens is 1. The summed E-state index contributed by atoms with van der Waals surface area (Å²) >= 11 is 0.751. The molecule has 37 heavy (non-hydrogen) atoms. The van der Waals surface area contributed by atoms with Crippen molar-refractivity contribution in [2.75, 3.05) is 11.9 Å². The third-order valence-corrected chi connectivity index (χ3v) is 6.21. The normalized spacial score (nSPS) is 11.0. The van der Waals surface area contributed by atoms with Crippen LogP contribution in [0.1, 0.15) is 23.0 Å². The summed E-state index contributed by atoms with van der Waals surface area (Å²) in [5.74, 6) is -0.111.